The van der Waals surface area contributed by atoms with Crippen molar-refractivity contribution in [3.05, 3.63) is 93.7 Å². The number of carbonyl (C=O) groups excluding carboxylic acids is 1. The summed E-state index contributed by atoms with van der Waals surface area (Å²) in [4.78, 5) is 18.8. The van der Waals surface area contributed by atoms with Gasteiger partial charge in [-0.05, 0) is 41.6 Å². The number of amides is 1. The Labute approximate surface area is 164 Å². The number of likely N-dealkylation sites (N-methyl/N-ethyl adjacent to an activating group) is 1. The van der Waals surface area contributed by atoms with Gasteiger partial charge in [-0.1, -0.05) is 60.7 Å². The Morgan fingerprint density at radius 2 is 1.78 bits per heavy atom. The van der Waals surface area contributed by atoms with Gasteiger partial charge in [0.2, 0.25) is 5.91 Å². The quantitative estimate of drug-likeness (QED) is 0.661. The van der Waals surface area contributed by atoms with Gasteiger partial charge in [0.15, 0.2) is 0 Å². The van der Waals surface area contributed by atoms with Gasteiger partial charge in [0, 0.05) is 18.0 Å². The molecule has 3 nitrogen and oxygen atoms in total. The molecule has 4 heteroatoms. The van der Waals surface area contributed by atoms with Crippen LogP contribution in [0.3, 0.4) is 0 Å². The van der Waals surface area contributed by atoms with Gasteiger partial charge in [0.1, 0.15) is 0 Å². The third kappa shape index (κ3) is 3.97. The monoisotopic (exact) mass is 376 g/mol. The number of benzene rings is 2. The van der Waals surface area contributed by atoms with Crippen molar-refractivity contribution in [1.29, 1.82) is 0 Å². The minimum atomic E-state index is 0.0267. The first-order valence-electron chi connectivity index (χ1n) is 9.35. The van der Waals surface area contributed by atoms with Crippen molar-refractivity contribution in [2.75, 3.05) is 20.1 Å². The van der Waals surface area contributed by atoms with Crippen LogP contribution in [0.15, 0.2) is 72.1 Å². The molecule has 2 aromatic carbocycles. The van der Waals surface area contributed by atoms with Crippen LogP contribution in [0.25, 0.3) is 0 Å². The van der Waals surface area contributed by atoms with Crippen LogP contribution in [0.1, 0.15) is 27.6 Å². The van der Waals surface area contributed by atoms with E-state index in [0.29, 0.717) is 6.54 Å². The molecule has 1 atom stereocenters. The zero-order chi connectivity index (χ0) is 18.6. The van der Waals surface area contributed by atoms with E-state index in [4.69, 9.17) is 0 Å². The summed E-state index contributed by atoms with van der Waals surface area (Å²) in [6.07, 6.45) is 0.949. The number of rotatable bonds is 5. The van der Waals surface area contributed by atoms with Crippen molar-refractivity contribution in [1.82, 2.24) is 9.80 Å². The third-order valence-corrected chi connectivity index (χ3v) is 6.10. The first kappa shape index (κ1) is 18.0. The van der Waals surface area contributed by atoms with Crippen LogP contribution in [-0.4, -0.2) is 35.8 Å². The lowest BCUT2D eigenvalue weighted by Crippen LogP contribution is -2.44. The second-order valence-corrected chi connectivity index (χ2v) is 8.11. The van der Waals surface area contributed by atoms with Crippen molar-refractivity contribution in [3.63, 3.8) is 0 Å². The maximum Gasteiger partial charge on any atom is 0.237 e. The zero-order valence-corrected chi connectivity index (χ0v) is 16.4. The van der Waals surface area contributed by atoms with Gasteiger partial charge >= 0.3 is 0 Å². The third-order valence-electron chi connectivity index (χ3n) is 5.10. The lowest BCUT2D eigenvalue weighted by molar-refractivity contribution is -0.134. The van der Waals surface area contributed by atoms with E-state index in [1.54, 1.807) is 11.3 Å². The van der Waals surface area contributed by atoms with Crippen molar-refractivity contribution in [3.8, 4) is 0 Å². The fraction of sp³-hybridized carbons (Fsp3) is 0.261. The molecule has 0 bridgehead atoms. The Morgan fingerprint density at radius 3 is 2.52 bits per heavy atom. The highest BCUT2D eigenvalue weighted by atomic mass is 32.1. The van der Waals surface area contributed by atoms with E-state index >= 15 is 0 Å². The van der Waals surface area contributed by atoms with E-state index in [9.17, 15) is 4.79 Å². The molecule has 0 spiro atoms. The van der Waals surface area contributed by atoms with Gasteiger partial charge in [-0.2, -0.15) is 0 Å². The largest absolute Gasteiger partial charge is 0.330 e. The fourth-order valence-corrected chi connectivity index (χ4v) is 4.76. The first-order valence-corrected chi connectivity index (χ1v) is 10.2. The first-order chi connectivity index (χ1) is 13.2. The molecule has 0 saturated heterocycles. The van der Waals surface area contributed by atoms with Crippen LogP contribution < -0.4 is 0 Å². The Bertz CT molecular complexity index is 891. The van der Waals surface area contributed by atoms with Crippen molar-refractivity contribution in [2.24, 2.45) is 0 Å². The van der Waals surface area contributed by atoms with Gasteiger partial charge in [-0.3, -0.25) is 9.69 Å². The molecule has 0 unspecified atom stereocenters. The van der Waals surface area contributed by atoms with E-state index < -0.39 is 0 Å². The van der Waals surface area contributed by atoms with Gasteiger partial charge in [-0.15, -0.1) is 11.3 Å². The summed E-state index contributed by atoms with van der Waals surface area (Å²) in [6, 6.07) is 22.9. The average molecular weight is 377 g/mol. The molecular formula is C23H24N2OS. The van der Waals surface area contributed by atoms with Gasteiger partial charge < -0.3 is 4.90 Å². The van der Waals surface area contributed by atoms with Crippen LogP contribution in [0.4, 0.5) is 0 Å². The number of carbonyl (C=O) groups is 1. The average Bonchev–Trinajstić information content (AvgIpc) is 3.17. The smallest absolute Gasteiger partial charge is 0.237 e. The summed E-state index contributed by atoms with van der Waals surface area (Å²) in [5.41, 5.74) is 3.71. The highest BCUT2D eigenvalue weighted by molar-refractivity contribution is 7.10. The molecule has 1 aliphatic heterocycles. The number of nitrogens with zero attached hydrogens (tertiary/aromatic N) is 2. The molecule has 1 aromatic heterocycles. The van der Waals surface area contributed by atoms with Crippen molar-refractivity contribution < 1.29 is 4.79 Å². The SMILES string of the molecule is CN(CC(=O)N1CCc2sccc2[C@@H]1c1ccccc1)Cc1ccccc1. The number of hydrogen-bond acceptors (Lipinski definition) is 3. The molecule has 138 valence electrons. The number of thiophene rings is 1. The molecule has 0 radical (unpaired) electrons. The molecule has 0 saturated carbocycles. The van der Waals surface area contributed by atoms with Crippen LogP contribution in [0, 0.1) is 0 Å². The molecule has 4 rings (SSSR count). The summed E-state index contributed by atoms with van der Waals surface area (Å²) in [7, 11) is 2.02. The summed E-state index contributed by atoms with van der Waals surface area (Å²) in [5.74, 6) is 0.194. The molecular weight excluding hydrogens is 352 g/mol. The number of fused-ring (bicyclic) bond motifs is 1. The predicted octanol–water partition coefficient (Wildman–Crippen LogP) is 4.35. The van der Waals surface area contributed by atoms with Gasteiger partial charge in [-0.25, -0.2) is 0 Å². The molecule has 3 aromatic rings. The number of hydrogen-bond donors (Lipinski definition) is 0. The van der Waals surface area contributed by atoms with Gasteiger partial charge in [0.25, 0.3) is 0 Å². The molecule has 1 amide bonds. The van der Waals surface area contributed by atoms with Crippen LogP contribution in [0.5, 0.6) is 0 Å². The topological polar surface area (TPSA) is 23.6 Å². The summed E-state index contributed by atoms with van der Waals surface area (Å²) in [6.45, 7) is 1.99. The minimum absolute atomic E-state index is 0.0267. The van der Waals surface area contributed by atoms with E-state index in [-0.39, 0.29) is 11.9 Å². The lowest BCUT2D eigenvalue weighted by Gasteiger charge is -2.37. The van der Waals surface area contributed by atoms with Crippen molar-refractivity contribution >= 4 is 17.2 Å². The minimum Gasteiger partial charge on any atom is -0.330 e. The zero-order valence-electron chi connectivity index (χ0n) is 15.5. The Balaban J connectivity index is 1.53. The Morgan fingerprint density at radius 1 is 1.07 bits per heavy atom. The highest BCUT2D eigenvalue weighted by Crippen LogP contribution is 2.37. The molecule has 27 heavy (non-hydrogen) atoms. The molecule has 0 aliphatic carbocycles. The lowest BCUT2D eigenvalue weighted by atomic mass is 9.93. The maximum atomic E-state index is 13.2. The summed E-state index contributed by atoms with van der Waals surface area (Å²) in [5, 5.41) is 2.15. The normalized spacial score (nSPS) is 16.4. The summed E-state index contributed by atoms with van der Waals surface area (Å²) < 4.78 is 0. The Hall–Kier alpha value is -2.43. The summed E-state index contributed by atoms with van der Waals surface area (Å²) >= 11 is 1.80. The standard InChI is InChI=1S/C23H24N2OS/c1-24(16-18-8-4-2-5-9-18)17-22(26)25-14-12-21-20(13-15-27-21)23(25)19-10-6-3-7-11-19/h2-11,13,15,23H,12,14,16-17H2,1H3/t23-/m0/s1. The van der Waals surface area contributed by atoms with E-state index in [2.05, 4.69) is 57.6 Å². The highest BCUT2D eigenvalue weighted by Gasteiger charge is 2.32. The van der Waals surface area contributed by atoms with E-state index in [1.165, 1.54) is 21.6 Å². The van der Waals surface area contributed by atoms with Gasteiger partial charge in [0.05, 0.1) is 12.6 Å². The molecule has 2 heterocycles. The van der Waals surface area contributed by atoms with E-state index in [0.717, 1.165) is 19.5 Å². The second kappa shape index (κ2) is 8.07. The van der Waals surface area contributed by atoms with Crippen LogP contribution in [0.2, 0.25) is 0 Å². The van der Waals surface area contributed by atoms with Crippen molar-refractivity contribution in [2.45, 2.75) is 19.0 Å². The fourth-order valence-electron chi connectivity index (χ4n) is 3.85. The molecule has 1 aliphatic rings. The Kier molecular flexibility index (Phi) is 5.37. The van der Waals surface area contributed by atoms with E-state index in [1.807, 2.05) is 31.3 Å². The second-order valence-electron chi connectivity index (χ2n) is 7.11. The predicted molar refractivity (Wildman–Crippen MR) is 111 cm³/mol. The van der Waals surface area contributed by atoms with Crippen LogP contribution >= 0.6 is 11.3 Å². The molecule has 0 fully saturated rings. The maximum absolute atomic E-state index is 13.2. The van der Waals surface area contributed by atoms with Crippen LogP contribution in [-0.2, 0) is 17.8 Å². The molecule has 0 N–H and O–H groups in total.